The molecule has 328 valence electrons. The van der Waals surface area contributed by atoms with E-state index >= 15 is 0 Å². The normalized spacial score (nSPS) is 13.2. The Bertz CT molecular complexity index is 876. The van der Waals surface area contributed by atoms with Crippen molar-refractivity contribution < 1.29 is 37.9 Å². The van der Waals surface area contributed by atoms with E-state index in [1.165, 1.54) is 180 Å². The van der Waals surface area contributed by atoms with E-state index in [2.05, 4.69) is 19.2 Å². The summed E-state index contributed by atoms with van der Waals surface area (Å²) in [7, 11) is -4.41. The van der Waals surface area contributed by atoms with Crippen LogP contribution in [-0.2, 0) is 27.9 Å². The number of phosphoric acid groups is 1. The molecule has 1 amide bonds. The molecule has 0 rings (SSSR count). The third kappa shape index (κ3) is 44.0. The van der Waals surface area contributed by atoms with E-state index in [1.807, 2.05) is 0 Å². The largest absolute Gasteiger partial charge is 0.472 e. The molecule has 0 fully saturated rings. The molecule has 0 aliphatic rings. The number of esters is 1. The molecule has 0 saturated heterocycles. The molecule has 0 aliphatic carbocycles. The minimum absolute atomic E-state index is 0.0886. The van der Waals surface area contributed by atoms with Crippen LogP contribution in [0, 0.1) is 0 Å². The van der Waals surface area contributed by atoms with Gasteiger partial charge in [0.2, 0.25) is 5.91 Å². The van der Waals surface area contributed by atoms with Crippen LogP contribution in [0.15, 0.2) is 0 Å². The molecule has 0 aromatic rings. The first-order valence-corrected chi connectivity index (χ1v) is 25.0. The first kappa shape index (κ1) is 54.0. The first-order valence-electron chi connectivity index (χ1n) is 23.5. The van der Waals surface area contributed by atoms with Gasteiger partial charge < -0.3 is 20.1 Å². The summed E-state index contributed by atoms with van der Waals surface area (Å²) in [5.41, 5.74) is 0. The van der Waals surface area contributed by atoms with Gasteiger partial charge in [-0.25, -0.2) is 4.57 Å². The van der Waals surface area contributed by atoms with Crippen LogP contribution in [0.4, 0.5) is 0 Å². The lowest BCUT2D eigenvalue weighted by Gasteiger charge is -2.15. The van der Waals surface area contributed by atoms with Crippen LogP contribution in [-0.4, -0.2) is 54.3 Å². The highest BCUT2D eigenvalue weighted by atomic mass is 31.2. The van der Waals surface area contributed by atoms with E-state index in [0.29, 0.717) is 12.8 Å². The number of phosphoric ester groups is 1. The van der Waals surface area contributed by atoms with Crippen LogP contribution in [0.1, 0.15) is 245 Å². The van der Waals surface area contributed by atoms with Gasteiger partial charge in [0.25, 0.3) is 0 Å². The van der Waals surface area contributed by atoms with Crippen molar-refractivity contribution in [3.8, 4) is 0 Å². The summed E-state index contributed by atoms with van der Waals surface area (Å²) in [6, 6.07) is 0. The van der Waals surface area contributed by atoms with Gasteiger partial charge in [-0.3, -0.25) is 18.6 Å². The molecular formula is C45H90NO8P. The molecule has 0 radical (unpaired) electrons. The molecule has 2 atom stereocenters. The molecule has 9 nitrogen and oxygen atoms in total. The van der Waals surface area contributed by atoms with E-state index < -0.39 is 26.5 Å². The quantitative estimate of drug-likeness (QED) is 0.0315. The third-order valence-electron chi connectivity index (χ3n) is 10.5. The zero-order chi connectivity index (χ0) is 40.3. The van der Waals surface area contributed by atoms with E-state index in [0.717, 1.165) is 38.5 Å². The Hall–Kier alpha value is -0.990. The number of rotatable bonds is 45. The highest BCUT2D eigenvalue weighted by Gasteiger charge is 2.23. The Morgan fingerprint density at radius 1 is 0.491 bits per heavy atom. The van der Waals surface area contributed by atoms with E-state index in [9.17, 15) is 24.2 Å². The zero-order valence-corrected chi connectivity index (χ0v) is 37.0. The molecule has 10 heteroatoms. The van der Waals surface area contributed by atoms with Crippen molar-refractivity contribution in [2.45, 2.75) is 251 Å². The van der Waals surface area contributed by atoms with Gasteiger partial charge in [-0.15, -0.1) is 0 Å². The zero-order valence-electron chi connectivity index (χ0n) is 36.2. The van der Waals surface area contributed by atoms with Crippen LogP contribution in [0.3, 0.4) is 0 Å². The van der Waals surface area contributed by atoms with Crippen LogP contribution in [0.2, 0.25) is 0 Å². The summed E-state index contributed by atoms with van der Waals surface area (Å²) in [6.45, 7) is 3.61. The van der Waals surface area contributed by atoms with Crippen molar-refractivity contribution in [1.29, 1.82) is 0 Å². The minimum atomic E-state index is -4.41. The molecule has 0 aromatic carbocycles. The standard InChI is InChI=1S/C45H90NO8P/c1-3-5-7-9-11-13-15-17-19-20-21-22-23-24-25-27-29-31-33-35-37-44(48)46-39-40-53-55(50,51)54-42-43(47)41-52-45(49)38-36-34-32-30-28-26-18-16-14-12-10-8-6-4-2/h43,47H,3-42H2,1-2H3,(H,46,48)(H,50,51). The lowest BCUT2D eigenvalue weighted by atomic mass is 10.0. The summed E-state index contributed by atoms with van der Waals surface area (Å²) in [6.07, 6.45) is 43.2. The number of unbranched alkanes of at least 4 members (excludes halogenated alkanes) is 32. The maximum absolute atomic E-state index is 12.1. The van der Waals surface area contributed by atoms with Crippen molar-refractivity contribution in [3.63, 3.8) is 0 Å². The van der Waals surface area contributed by atoms with E-state index in [4.69, 9.17) is 13.8 Å². The number of amides is 1. The molecule has 0 saturated carbocycles. The SMILES string of the molecule is CCCCCCCCCCCCCCCCCCCCCCC(=O)NCCOP(=O)(O)OCC(O)COC(=O)CCCCCCCCCCCCCCCC. The van der Waals surface area contributed by atoms with E-state index in [1.54, 1.807) is 0 Å². The predicted molar refractivity (Wildman–Crippen MR) is 229 cm³/mol. The van der Waals surface area contributed by atoms with Gasteiger partial charge in [-0.05, 0) is 12.8 Å². The Morgan fingerprint density at radius 2 is 0.818 bits per heavy atom. The molecular weight excluding hydrogens is 713 g/mol. The Morgan fingerprint density at radius 3 is 1.18 bits per heavy atom. The highest BCUT2D eigenvalue weighted by Crippen LogP contribution is 2.42. The maximum Gasteiger partial charge on any atom is 0.472 e. The van der Waals surface area contributed by atoms with Crippen LogP contribution >= 0.6 is 7.82 Å². The number of hydrogen-bond donors (Lipinski definition) is 3. The molecule has 0 aliphatic heterocycles. The predicted octanol–water partition coefficient (Wildman–Crippen LogP) is 13.2. The van der Waals surface area contributed by atoms with Crippen molar-refractivity contribution in [2.75, 3.05) is 26.4 Å². The van der Waals surface area contributed by atoms with Crippen molar-refractivity contribution in [2.24, 2.45) is 0 Å². The van der Waals surface area contributed by atoms with Crippen LogP contribution in [0.25, 0.3) is 0 Å². The van der Waals surface area contributed by atoms with Gasteiger partial charge in [-0.1, -0.05) is 219 Å². The van der Waals surface area contributed by atoms with Crippen molar-refractivity contribution >= 4 is 19.7 Å². The van der Waals surface area contributed by atoms with Gasteiger partial charge in [0.1, 0.15) is 12.7 Å². The molecule has 55 heavy (non-hydrogen) atoms. The number of nitrogens with one attached hydrogen (secondary N) is 1. The molecule has 0 heterocycles. The Balaban J connectivity index is 3.52. The summed E-state index contributed by atoms with van der Waals surface area (Å²) < 4.78 is 26.9. The number of carbonyl (C=O) groups excluding carboxylic acids is 2. The van der Waals surface area contributed by atoms with Gasteiger partial charge in [0.05, 0.1) is 13.2 Å². The average Bonchev–Trinajstić information content (AvgIpc) is 3.17. The molecule has 2 unspecified atom stereocenters. The molecule has 0 spiro atoms. The fourth-order valence-electron chi connectivity index (χ4n) is 6.97. The monoisotopic (exact) mass is 804 g/mol. The summed E-state index contributed by atoms with van der Waals surface area (Å²) in [5.74, 6) is -0.501. The highest BCUT2D eigenvalue weighted by molar-refractivity contribution is 7.47. The molecule has 0 aromatic heterocycles. The smallest absolute Gasteiger partial charge is 0.463 e. The van der Waals surface area contributed by atoms with Crippen LogP contribution in [0.5, 0.6) is 0 Å². The molecule has 3 N–H and O–H groups in total. The van der Waals surface area contributed by atoms with Gasteiger partial charge in [-0.2, -0.15) is 0 Å². The van der Waals surface area contributed by atoms with Crippen LogP contribution < -0.4 is 5.32 Å². The number of carbonyl (C=O) groups is 2. The number of aliphatic hydroxyl groups is 1. The van der Waals surface area contributed by atoms with E-state index in [-0.39, 0.29) is 25.7 Å². The number of hydrogen-bond acceptors (Lipinski definition) is 7. The first-order chi connectivity index (χ1) is 26.8. The second kappa shape index (κ2) is 42.6. The number of aliphatic hydroxyl groups excluding tert-OH is 1. The van der Waals surface area contributed by atoms with Gasteiger partial charge in [0, 0.05) is 19.4 Å². The lowest BCUT2D eigenvalue weighted by molar-refractivity contribution is -0.147. The molecule has 0 bridgehead atoms. The second-order valence-electron chi connectivity index (χ2n) is 16.1. The third-order valence-corrected chi connectivity index (χ3v) is 11.5. The Kier molecular flexibility index (Phi) is 41.8. The lowest BCUT2D eigenvalue weighted by Crippen LogP contribution is -2.27. The van der Waals surface area contributed by atoms with Gasteiger partial charge >= 0.3 is 13.8 Å². The average molecular weight is 804 g/mol. The number of ether oxygens (including phenoxy) is 1. The van der Waals surface area contributed by atoms with Crippen molar-refractivity contribution in [3.05, 3.63) is 0 Å². The summed E-state index contributed by atoms with van der Waals surface area (Å²) in [4.78, 5) is 33.9. The second-order valence-corrected chi connectivity index (χ2v) is 17.6. The summed E-state index contributed by atoms with van der Waals surface area (Å²) >= 11 is 0. The maximum atomic E-state index is 12.1. The fraction of sp³-hybridized carbons (Fsp3) is 0.956. The Labute approximate surface area is 339 Å². The fourth-order valence-corrected chi connectivity index (χ4v) is 7.73. The topological polar surface area (TPSA) is 131 Å². The summed E-state index contributed by atoms with van der Waals surface area (Å²) in [5, 5.41) is 12.7. The van der Waals surface area contributed by atoms with Gasteiger partial charge in [0.15, 0.2) is 0 Å². The van der Waals surface area contributed by atoms with Crippen molar-refractivity contribution in [1.82, 2.24) is 5.32 Å². The minimum Gasteiger partial charge on any atom is -0.463 e.